The molecule has 2 N–H and O–H groups in total. The quantitative estimate of drug-likeness (QED) is 0.700. The van der Waals surface area contributed by atoms with Crippen LogP contribution in [0.15, 0.2) is 60.7 Å². The van der Waals surface area contributed by atoms with Gasteiger partial charge >= 0.3 is 0 Å². The van der Waals surface area contributed by atoms with Gasteiger partial charge in [-0.15, -0.1) is 0 Å². The van der Waals surface area contributed by atoms with Crippen LogP contribution in [-0.2, 0) is 6.42 Å². The SMILES string of the molecule is NC[C@H](CCCCCc1ccccc1)Oc1ccccc1. The summed E-state index contributed by atoms with van der Waals surface area (Å²) < 4.78 is 5.90. The van der Waals surface area contributed by atoms with Crippen LogP contribution in [0, 0.1) is 0 Å². The van der Waals surface area contributed by atoms with Crippen LogP contribution in [-0.4, -0.2) is 12.6 Å². The fourth-order valence-electron chi connectivity index (χ4n) is 2.44. The summed E-state index contributed by atoms with van der Waals surface area (Å²) in [5, 5.41) is 0. The Balaban J connectivity index is 1.62. The first-order valence-corrected chi connectivity index (χ1v) is 7.84. The van der Waals surface area contributed by atoms with Gasteiger partial charge in [-0.05, 0) is 43.4 Å². The number of hydrogen-bond acceptors (Lipinski definition) is 2. The summed E-state index contributed by atoms with van der Waals surface area (Å²) in [6.45, 7) is 0.577. The average molecular weight is 283 g/mol. The zero-order chi connectivity index (χ0) is 14.8. The highest BCUT2D eigenvalue weighted by Crippen LogP contribution is 2.15. The van der Waals surface area contributed by atoms with Crippen LogP contribution in [0.5, 0.6) is 5.75 Å². The number of aryl methyl sites for hydroxylation is 1. The Morgan fingerprint density at radius 1 is 0.810 bits per heavy atom. The lowest BCUT2D eigenvalue weighted by Crippen LogP contribution is -2.26. The molecule has 21 heavy (non-hydrogen) atoms. The van der Waals surface area contributed by atoms with Gasteiger partial charge in [-0.2, -0.15) is 0 Å². The highest BCUT2D eigenvalue weighted by atomic mass is 16.5. The summed E-state index contributed by atoms with van der Waals surface area (Å²) in [6.07, 6.45) is 5.94. The van der Waals surface area contributed by atoms with Crippen LogP contribution in [0.1, 0.15) is 31.2 Å². The van der Waals surface area contributed by atoms with Crippen molar-refractivity contribution >= 4 is 0 Å². The maximum Gasteiger partial charge on any atom is 0.119 e. The van der Waals surface area contributed by atoms with Crippen molar-refractivity contribution in [2.45, 2.75) is 38.2 Å². The van der Waals surface area contributed by atoms with E-state index in [-0.39, 0.29) is 6.10 Å². The van der Waals surface area contributed by atoms with Gasteiger partial charge in [-0.25, -0.2) is 0 Å². The van der Waals surface area contributed by atoms with Crippen molar-refractivity contribution in [3.63, 3.8) is 0 Å². The number of rotatable bonds is 9. The first-order valence-electron chi connectivity index (χ1n) is 7.84. The molecular formula is C19H25NO. The van der Waals surface area contributed by atoms with E-state index in [2.05, 4.69) is 30.3 Å². The minimum Gasteiger partial charge on any atom is -0.489 e. The molecule has 0 unspecified atom stereocenters. The largest absolute Gasteiger partial charge is 0.489 e. The molecule has 2 nitrogen and oxygen atoms in total. The lowest BCUT2D eigenvalue weighted by atomic mass is 10.0. The van der Waals surface area contributed by atoms with Crippen molar-refractivity contribution in [1.29, 1.82) is 0 Å². The van der Waals surface area contributed by atoms with E-state index < -0.39 is 0 Å². The molecule has 112 valence electrons. The molecule has 0 amide bonds. The highest BCUT2D eigenvalue weighted by Gasteiger charge is 2.07. The van der Waals surface area contributed by atoms with E-state index in [1.165, 1.54) is 24.8 Å². The van der Waals surface area contributed by atoms with Gasteiger partial charge in [0.05, 0.1) is 0 Å². The maximum atomic E-state index is 5.90. The molecule has 0 radical (unpaired) electrons. The molecular weight excluding hydrogens is 258 g/mol. The van der Waals surface area contributed by atoms with Gasteiger partial charge in [-0.3, -0.25) is 0 Å². The Labute approximate surface area is 127 Å². The summed E-state index contributed by atoms with van der Waals surface area (Å²) in [7, 11) is 0. The number of hydrogen-bond donors (Lipinski definition) is 1. The molecule has 0 saturated heterocycles. The average Bonchev–Trinajstić information content (AvgIpc) is 2.55. The summed E-state index contributed by atoms with van der Waals surface area (Å²) in [5.74, 6) is 0.914. The van der Waals surface area contributed by atoms with Crippen molar-refractivity contribution in [2.24, 2.45) is 5.73 Å². The molecule has 2 heteroatoms. The monoisotopic (exact) mass is 283 g/mol. The zero-order valence-corrected chi connectivity index (χ0v) is 12.6. The van der Waals surface area contributed by atoms with Gasteiger partial charge in [0.15, 0.2) is 0 Å². The molecule has 0 fully saturated rings. The molecule has 2 rings (SSSR count). The molecule has 0 aromatic heterocycles. The minimum absolute atomic E-state index is 0.129. The van der Waals surface area contributed by atoms with Crippen LogP contribution in [0.2, 0.25) is 0 Å². The molecule has 0 heterocycles. The Kier molecular flexibility index (Phi) is 6.82. The third-order valence-electron chi connectivity index (χ3n) is 3.64. The van der Waals surface area contributed by atoms with E-state index in [0.29, 0.717) is 6.54 Å². The number of para-hydroxylation sites is 1. The number of nitrogens with two attached hydrogens (primary N) is 1. The fourth-order valence-corrected chi connectivity index (χ4v) is 2.44. The van der Waals surface area contributed by atoms with Crippen LogP contribution >= 0.6 is 0 Å². The van der Waals surface area contributed by atoms with Crippen molar-refractivity contribution in [3.8, 4) is 5.75 Å². The van der Waals surface area contributed by atoms with Gasteiger partial charge in [0.2, 0.25) is 0 Å². The second-order valence-electron chi connectivity index (χ2n) is 5.37. The van der Waals surface area contributed by atoms with Crippen LogP contribution in [0.3, 0.4) is 0 Å². The first-order chi connectivity index (χ1) is 10.4. The third-order valence-corrected chi connectivity index (χ3v) is 3.64. The smallest absolute Gasteiger partial charge is 0.119 e. The highest BCUT2D eigenvalue weighted by molar-refractivity contribution is 5.21. The standard InChI is InChI=1S/C19H25NO/c20-16-19(21-18-13-7-3-8-14-18)15-9-2-6-12-17-10-4-1-5-11-17/h1,3-5,7-8,10-11,13-14,19H,2,6,9,12,15-16,20H2/t19-/m0/s1. The zero-order valence-electron chi connectivity index (χ0n) is 12.6. The molecule has 2 aromatic rings. The van der Waals surface area contributed by atoms with Gasteiger partial charge in [0, 0.05) is 6.54 Å². The van der Waals surface area contributed by atoms with Gasteiger partial charge in [0.25, 0.3) is 0 Å². The predicted molar refractivity (Wildman–Crippen MR) is 88.5 cm³/mol. The van der Waals surface area contributed by atoms with Gasteiger partial charge in [-0.1, -0.05) is 55.0 Å². The second kappa shape index (κ2) is 9.19. The van der Waals surface area contributed by atoms with E-state index in [9.17, 15) is 0 Å². The fraction of sp³-hybridized carbons (Fsp3) is 0.368. The Bertz CT molecular complexity index is 483. The van der Waals surface area contributed by atoms with E-state index in [4.69, 9.17) is 10.5 Å². The molecule has 0 bridgehead atoms. The van der Waals surface area contributed by atoms with Crippen molar-refractivity contribution in [1.82, 2.24) is 0 Å². The van der Waals surface area contributed by atoms with Crippen molar-refractivity contribution in [3.05, 3.63) is 66.2 Å². The predicted octanol–water partition coefficient (Wildman–Crippen LogP) is 4.20. The minimum atomic E-state index is 0.129. The van der Waals surface area contributed by atoms with E-state index in [1.807, 2.05) is 30.3 Å². The normalized spacial score (nSPS) is 12.0. The summed E-state index contributed by atoms with van der Waals surface area (Å²) in [5.41, 5.74) is 7.23. The lowest BCUT2D eigenvalue weighted by molar-refractivity contribution is 0.195. The summed E-state index contributed by atoms with van der Waals surface area (Å²) in [4.78, 5) is 0. The molecule has 0 aliphatic rings. The first kappa shape index (κ1) is 15.6. The Hall–Kier alpha value is -1.80. The molecule has 0 aliphatic carbocycles. The molecule has 0 saturated carbocycles. The topological polar surface area (TPSA) is 35.2 Å². The number of unbranched alkanes of at least 4 members (excludes halogenated alkanes) is 2. The number of ether oxygens (including phenoxy) is 1. The molecule has 2 aromatic carbocycles. The molecule has 0 aliphatic heterocycles. The van der Waals surface area contributed by atoms with E-state index >= 15 is 0 Å². The lowest BCUT2D eigenvalue weighted by Gasteiger charge is -2.17. The van der Waals surface area contributed by atoms with Crippen LogP contribution < -0.4 is 10.5 Å². The van der Waals surface area contributed by atoms with E-state index in [1.54, 1.807) is 0 Å². The Morgan fingerprint density at radius 3 is 2.14 bits per heavy atom. The van der Waals surface area contributed by atoms with Gasteiger partial charge in [0.1, 0.15) is 11.9 Å². The summed E-state index contributed by atoms with van der Waals surface area (Å²) >= 11 is 0. The number of benzene rings is 2. The second-order valence-corrected chi connectivity index (χ2v) is 5.37. The molecule has 0 spiro atoms. The third kappa shape index (κ3) is 6.01. The maximum absolute atomic E-state index is 5.90. The molecule has 1 atom stereocenters. The van der Waals surface area contributed by atoms with Gasteiger partial charge < -0.3 is 10.5 Å². The summed E-state index contributed by atoms with van der Waals surface area (Å²) in [6, 6.07) is 20.6. The van der Waals surface area contributed by atoms with Crippen molar-refractivity contribution in [2.75, 3.05) is 6.54 Å². The van der Waals surface area contributed by atoms with Crippen molar-refractivity contribution < 1.29 is 4.74 Å². The Morgan fingerprint density at radius 2 is 1.48 bits per heavy atom. The van der Waals surface area contributed by atoms with E-state index in [0.717, 1.165) is 18.6 Å². The van der Waals surface area contributed by atoms with Crippen LogP contribution in [0.25, 0.3) is 0 Å². The van der Waals surface area contributed by atoms with Crippen LogP contribution in [0.4, 0.5) is 0 Å².